The molecular formula is C62H113NO3. The molecule has 66 heavy (non-hydrogen) atoms. The van der Waals surface area contributed by atoms with Gasteiger partial charge in [0.05, 0.1) is 18.8 Å². The molecule has 1 amide bonds. The lowest BCUT2D eigenvalue weighted by molar-refractivity contribution is -0.123. The zero-order valence-electron chi connectivity index (χ0n) is 44.2. The number of nitrogens with one attached hydrogen (secondary N) is 1. The van der Waals surface area contributed by atoms with Gasteiger partial charge in [-0.15, -0.1) is 0 Å². The van der Waals surface area contributed by atoms with E-state index in [1.807, 2.05) is 6.08 Å². The Bertz CT molecular complexity index is 1130. The van der Waals surface area contributed by atoms with E-state index in [0.717, 1.165) is 57.8 Å². The number of hydrogen-bond donors (Lipinski definition) is 3. The first kappa shape index (κ1) is 63.8. The highest BCUT2D eigenvalue weighted by Gasteiger charge is 2.18. The van der Waals surface area contributed by atoms with Crippen molar-refractivity contribution in [2.24, 2.45) is 0 Å². The molecule has 0 aliphatic heterocycles. The first-order valence-electron chi connectivity index (χ1n) is 29.2. The van der Waals surface area contributed by atoms with Crippen molar-refractivity contribution in [2.75, 3.05) is 6.61 Å². The second-order valence-electron chi connectivity index (χ2n) is 19.7. The molecule has 4 nitrogen and oxygen atoms in total. The van der Waals surface area contributed by atoms with Crippen molar-refractivity contribution in [1.82, 2.24) is 5.32 Å². The molecular weight excluding hydrogens is 807 g/mol. The second kappa shape index (κ2) is 57.1. The van der Waals surface area contributed by atoms with Crippen LogP contribution in [0.5, 0.6) is 0 Å². The lowest BCUT2D eigenvalue weighted by Crippen LogP contribution is -2.45. The zero-order chi connectivity index (χ0) is 47.7. The minimum atomic E-state index is -0.869. The van der Waals surface area contributed by atoms with E-state index in [0.29, 0.717) is 6.42 Å². The normalized spacial score (nSPS) is 13.3. The van der Waals surface area contributed by atoms with Crippen LogP contribution in [0.25, 0.3) is 0 Å². The van der Waals surface area contributed by atoms with E-state index in [1.54, 1.807) is 6.08 Å². The Kier molecular flexibility index (Phi) is 55.3. The van der Waals surface area contributed by atoms with E-state index in [2.05, 4.69) is 79.9 Å². The molecule has 0 radical (unpaired) electrons. The Labute approximate surface area is 412 Å². The molecule has 0 rings (SSSR count). The van der Waals surface area contributed by atoms with Crippen molar-refractivity contribution < 1.29 is 15.0 Å². The number of aliphatic hydroxyl groups excluding tert-OH is 2. The van der Waals surface area contributed by atoms with Crippen LogP contribution in [0.15, 0.2) is 72.9 Å². The minimum Gasteiger partial charge on any atom is -0.394 e. The maximum Gasteiger partial charge on any atom is 0.220 e. The highest BCUT2D eigenvalue weighted by atomic mass is 16.3. The quantitative estimate of drug-likeness (QED) is 0.0421. The first-order chi connectivity index (χ1) is 32.7. The molecule has 2 unspecified atom stereocenters. The molecule has 0 aliphatic carbocycles. The maximum absolute atomic E-state index is 12.5. The summed E-state index contributed by atoms with van der Waals surface area (Å²) in [4.78, 5) is 12.5. The lowest BCUT2D eigenvalue weighted by Gasteiger charge is -2.19. The van der Waals surface area contributed by atoms with Gasteiger partial charge in [0.15, 0.2) is 0 Å². The van der Waals surface area contributed by atoms with Gasteiger partial charge < -0.3 is 15.5 Å². The van der Waals surface area contributed by atoms with Crippen LogP contribution in [0, 0.1) is 0 Å². The number of carbonyl (C=O) groups excluding carboxylic acids is 1. The van der Waals surface area contributed by atoms with Gasteiger partial charge in [-0.1, -0.05) is 292 Å². The number of amides is 1. The molecule has 2 atom stereocenters. The monoisotopic (exact) mass is 920 g/mol. The summed E-state index contributed by atoms with van der Waals surface area (Å²) in [6, 6.07) is -0.647. The number of unbranched alkanes of at least 4 members (excludes halogenated alkanes) is 36. The van der Waals surface area contributed by atoms with Crippen LogP contribution in [0.4, 0.5) is 0 Å². The van der Waals surface area contributed by atoms with Crippen molar-refractivity contribution in [3.63, 3.8) is 0 Å². The number of hydrogen-bond acceptors (Lipinski definition) is 3. The Morgan fingerprint density at radius 3 is 1.06 bits per heavy atom. The van der Waals surface area contributed by atoms with Crippen molar-refractivity contribution in [2.45, 2.75) is 309 Å². The third-order valence-corrected chi connectivity index (χ3v) is 13.2. The summed E-state index contributed by atoms with van der Waals surface area (Å²) < 4.78 is 0. The van der Waals surface area contributed by atoms with Gasteiger partial charge in [0.1, 0.15) is 0 Å². The first-order valence-corrected chi connectivity index (χ1v) is 29.2. The number of aliphatic hydroxyl groups is 2. The van der Waals surface area contributed by atoms with Gasteiger partial charge in [0.25, 0.3) is 0 Å². The summed E-state index contributed by atoms with van der Waals surface area (Å²) in [5, 5.41) is 23.2. The van der Waals surface area contributed by atoms with Crippen LogP contribution in [0.3, 0.4) is 0 Å². The van der Waals surface area contributed by atoms with E-state index in [1.165, 1.54) is 218 Å². The molecule has 0 bridgehead atoms. The summed E-state index contributed by atoms with van der Waals surface area (Å²) in [6.45, 7) is 4.21. The average molecular weight is 921 g/mol. The summed E-state index contributed by atoms with van der Waals surface area (Å²) in [7, 11) is 0. The largest absolute Gasteiger partial charge is 0.394 e. The molecule has 0 aliphatic rings. The smallest absolute Gasteiger partial charge is 0.220 e. The number of carbonyl (C=O) groups is 1. The van der Waals surface area contributed by atoms with Crippen LogP contribution in [-0.4, -0.2) is 34.9 Å². The molecule has 0 aromatic carbocycles. The van der Waals surface area contributed by atoms with E-state index < -0.39 is 12.1 Å². The summed E-state index contributed by atoms with van der Waals surface area (Å²) in [5.41, 5.74) is 0. The van der Waals surface area contributed by atoms with Gasteiger partial charge in [0.2, 0.25) is 5.91 Å². The zero-order valence-corrected chi connectivity index (χ0v) is 44.2. The Hall–Kier alpha value is -2.17. The molecule has 0 heterocycles. The molecule has 0 saturated heterocycles. The molecule has 0 aromatic heterocycles. The Balaban J connectivity index is 3.53. The van der Waals surface area contributed by atoms with Gasteiger partial charge >= 0.3 is 0 Å². The average Bonchev–Trinajstić information content (AvgIpc) is 3.32. The fourth-order valence-electron chi connectivity index (χ4n) is 8.78. The fraction of sp³-hybridized carbons (Fsp3) is 0.790. The van der Waals surface area contributed by atoms with Gasteiger partial charge in [-0.3, -0.25) is 4.79 Å². The molecule has 384 valence electrons. The van der Waals surface area contributed by atoms with Crippen LogP contribution in [0.1, 0.15) is 296 Å². The lowest BCUT2D eigenvalue weighted by atomic mass is 10.0. The molecule has 4 heteroatoms. The third-order valence-electron chi connectivity index (χ3n) is 13.2. The molecule has 0 aromatic rings. The topological polar surface area (TPSA) is 69.6 Å². The van der Waals surface area contributed by atoms with Gasteiger partial charge in [0, 0.05) is 6.42 Å². The van der Waals surface area contributed by atoms with Gasteiger partial charge in [-0.2, -0.15) is 0 Å². The predicted octanol–water partition coefficient (Wildman–Crippen LogP) is 19.4. The molecule has 0 fully saturated rings. The number of rotatable bonds is 53. The van der Waals surface area contributed by atoms with Crippen molar-refractivity contribution >= 4 is 5.91 Å². The molecule has 3 N–H and O–H groups in total. The van der Waals surface area contributed by atoms with Crippen LogP contribution >= 0.6 is 0 Å². The number of allylic oxidation sites excluding steroid dienone is 11. The molecule has 0 saturated carbocycles. The van der Waals surface area contributed by atoms with Crippen LogP contribution in [-0.2, 0) is 4.79 Å². The Morgan fingerprint density at radius 2 is 0.682 bits per heavy atom. The standard InChI is InChI=1S/C62H113NO3/c1-3-5-7-9-11-13-15-17-19-21-23-25-27-28-29-30-31-32-33-34-36-37-39-41-43-45-47-49-51-53-55-57-61(65)60(59-64)63-62(66)58-56-54-52-50-48-46-44-42-40-38-35-26-24-22-20-18-16-14-12-10-8-6-4-2/h6,8,12,14,18,20,24,26,47,49,55,57,60-61,64-65H,3-5,7,9-11,13,15-17,19,21-23,25,27-46,48,50-54,56,58-59H2,1-2H3,(H,63,66)/b8-6-,14-12-,20-18-,26-24-,49-47+,57-55+. The van der Waals surface area contributed by atoms with Crippen LogP contribution in [0.2, 0.25) is 0 Å². The maximum atomic E-state index is 12.5. The van der Waals surface area contributed by atoms with E-state index in [9.17, 15) is 15.0 Å². The highest BCUT2D eigenvalue weighted by Crippen LogP contribution is 2.17. The SMILES string of the molecule is CC/C=C\C/C=C\C/C=C\C/C=C\CCCCCCCCCCCCC(=O)NC(CO)C(O)/C=C/CC/C=C/CCCCCCCCCCCCCCCCCCCCCCCCCCC. The second-order valence-corrected chi connectivity index (χ2v) is 19.7. The summed E-state index contributed by atoms with van der Waals surface area (Å²) in [5.74, 6) is -0.0781. The van der Waals surface area contributed by atoms with Crippen molar-refractivity contribution in [3.8, 4) is 0 Å². The van der Waals surface area contributed by atoms with Crippen molar-refractivity contribution in [1.29, 1.82) is 0 Å². The Morgan fingerprint density at radius 1 is 0.379 bits per heavy atom. The summed E-state index contributed by atoms with van der Waals surface area (Å²) in [6.07, 6.45) is 82.2. The van der Waals surface area contributed by atoms with E-state index in [4.69, 9.17) is 0 Å². The van der Waals surface area contributed by atoms with Crippen LogP contribution < -0.4 is 5.32 Å². The minimum absolute atomic E-state index is 0.0781. The van der Waals surface area contributed by atoms with Crippen molar-refractivity contribution in [3.05, 3.63) is 72.9 Å². The van der Waals surface area contributed by atoms with E-state index >= 15 is 0 Å². The van der Waals surface area contributed by atoms with Gasteiger partial charge in [-0.25, -0.2) is 0 Å². The highest BCUT2D eigenvalue weighted by molar-refractivity contribution is 5.76. The van der Waals surface area contributed by atoms with Gasteiger partial charge in [-0.05, 0) is 70.6 Å². The summed E-state index contributed by atoms with van der Waals surface area (Å²) >= 11 is 0. The third kappa shape index (κ3) is 52.8. The van der Waals surface area contributed by atoms with E-state index in [-0.39, 0.29) is 12.5 Å². The fourth-order valence-corrected chi connectivity index (χ4v) is 8.78. The molecule has 0 spiro atoms. The predicted molar refractivity (Wildman–Crippen MR) is 294 cm³/mol.